The summed E-state index contributed by atoms with van der Waals surface area (Å²) in [6.07, 6.45) is -5.00. The van der Waals surface area contributed by atoms with Gasteiger partial charge in [0.1, 0.15) is 0 Å². The summed E-state index contributed by atoms with van der Waals surface area (Å²) in [5, 5.41) is 5.65. The number of rotatable bonds is 7. The summed E-state index contributed by atoms with van der Waals surface area (Å²) >= 11 is 0. The first kappa shape index (κ1) is 18.0. The lowest BCUT2D eigenvalue weighted by Crippen LogP contribution is -2.43. The Kier molecular flexibility index (Phi) is 8.54. The first-order valence-electron chi connectivity index (χ1n) is 6.55. The molecule has 0 bridgehead atoms. The lowest BCUT2D eigenvalue weighted by atomic mass is 10.3. The molecule has 0 heterocycles. The number of nitrogens with zero attached hydrogens (tertiary/aromatic N) is 2. The number of halogens is 3. The van der Waals surface area contributed by atoms with Crippen molar-refractivity contribution < 1.29 is 13.2 Å². The van der Waals surface area contributed by atoms with Crippen LogP contribution < -0.4 is 10.6 Å². The quantitative estimate of drug-likeness (QED) is 0.553. The Morgan fingerprint density at radius 3 is 2.21 bits per heavy atom. The SMILES string of the molecule is CCN(CCNC(=NC)NCCC(F)(F)F)C(C)C. The summed E-state index contributed by atoms with van der Waals surface area (Å²) in [6.45, 7) is 8.56. The van der Waals surface area contributed by atoms with E-state index in [1.165, 1.54) is 0 Å². The number of hydrogen-bond acceptors (Lipinski definition) is 2. The van der Waals surface area contributed by atoms with E-state index in [0.29, 0.717) is 18.5 Å². The highest BCUT2D eigenvalue weighted by Gasteiger charge is 2.26. The molecule has 4 nitrogen and oxygen atoms in total. The molecule has 19 heavy (non-hydrogen) atoms. The minimum absolute atomic E-state index is 0.162. The normalized spacial score (nSPS) is 13.2. The third-order valence-electron chi connectivity index (χ3n) is 2.75. The maximum Gasteiger partial charge on any atom is 0.390 e. The zero-order valence-corrected chi connectivity index (χ0v) is 12.1. The summed E-state index contributed by atoms with van der Waals surface area (Å²) in [7, 11) is 1.54. The van der Waals surface area contributed by atoms with E-state index in [1.807, 2.05) is 0 Å². The van der Waals surface area contributed by atoms with Gasteiger partial charge < -0.3 is 10.6 Å². The largest absolute Gasteiger partial charge is 0.390 e. The fourth-order valence-corrected chi connectivity index (χ4v) is 1.64. The molecule has 0 aliphatic heterocycles. The fourth-order valence-electron chi connectivity index (χ4n) is 1.64. The predicted molar refractivity (Wildman–Crippen MR) is 72.4 cm³/mol. The molecule has 0 atom stereocenters. The second-order valence-electron chi connectivity index (χ2n) is 4.51. The fraction of sp³-hybridized carbons (Fsp3) is 0.917. The maximum absolute atomic E-state index is 12.0. The molecule has 0 aromatic rings. The minimum atomic E-state index is -4.14. The molecule has 0 fully saturated rings. The van der Waals surface area contributed by atoms with Gasteiger partial charge in [-0.1, -0.05) is 6.92 Å². The van der Waals surface area contributed by atoms with Gasteiger partial charge in [0.05, 0.1) is 6.42 Å². The van der Waals surface area contributed by atoms with Gasteiger partial charge in [0.25, 0.3) is 0 Å². The van der Waals surface area contributed by atoms with Gasteiger partial charge in [-0.05, 0) is 20.4 Å². The van der Waals surface area contributed by atoms with Crippen LogP contribution in [-0.4, -0.2) is 56.3 Å². The Morgan fingerprint density at radius 2 is 1.79 bits per heavy atom. The van der Waals surface area contributed by atoms with Gasteiger partial charge in [0, 0.05) is 32.7 Å². The summed E-state index contributed by atoms with van der Waals surface area (Å²) in [4.78, 5) is 6.14. The minimum Gasteiger partial charge on any atom is -0.356 e. The van der Waals surface area contributed by atoms with Crippen LogP contribution in [0.5, 0.6) is 0 Å². The molecule has 0 saturated heterocycles. The van der Waals surface area contributed by atoms with Gasteiger partial charge in [-0.3, -0.25) is 9.89 Å². The van der Waals surface area contributed by atoms with E-state index in [9.17, 15) is 13.2 Å². The Hall–Kier alpha value is -0.980. The van der Waals surface area contributed by atoms with E-state index in [1.54, 1.807) is 7.05 Å². The van der Waals surface area contributed by atoms with Gasteiger partial charge in [0.2, 0.25) is 0 Å². The van der Waals surface area contributed by atoms with Crippen molar-refractivity contribution in [3.63, 3.8) is 0 Å². The number of nitrogens with one attached hydrogen (secondary N) is 2. The second-order valence-corrected chi connectivity index (χ2v) is 4.51. The molecular formula is C12H25F3N4. The van der Waals surface area contributed by atoms with E-state index in [-0.39, 0.29) is 6.54 Å². The monoisotopic (exact) mass is 282 g/mol. The molecule has 114 valence electrons. The topological polar surface area (TPSA) is 39.7 Å². The van der Waals surface area contributed by atoms with Crippen LogP contribution in [0.15, 0.2) is 4.99 Å². The summed E-state index contributed by atoms with van der Waals surface area (Å²) in [5.41, 5.74) is 0. The molecule has 0 saturated carbocycles. The zero-order valence-electron chi connectivity index (χ0n) is 12.1. The molecule has 0 spiro atoms. The molecule has 0 aliphatic carbocycles. The standard InChI is InChI=1S/C12H25F3N4/c1-5-19(10(2)3)9-8-18-11(16-4)17-7-6-12(13,14)15/h10H,5-9H2,1-4H3,(H2,16,17,18). The first-order chi connectivity index (χ1) is 8.80. The summed E-state index contributed by atoms with van der Waals surface area (Å²) in [6, 6.07) is 0.451. The van der Waals surface area contributed by atoms with E-state index in [0.717, 1.165) is 13.1 Å². The van der Waals surface area contributed by atoms with Gasteiger partial charge in [-0.15, -0.1) is 0 Å². The van der Waals surface area contributed by atoms with Crippen molar-refractivity contribution in [2.45, 2.75) is 39.4 Å². The van der Waals surface area contributed by atoms with Crippen LogP contribution in [-0.2, 0) is 0 Å². The average molecular weight is 282 g/mol. The number of aliphatic imine (C=N–C) groups is 1. The van der Waals surface area contributed by atoms with Crippen molar-refractivity contribution in [2.24, 2.45) is 4.99 Å². The highest BCUT2D eigenvalue weighted by Crippen LogP contribution is 2.17. The van der Waals surface area contributed by atoms with Crippen molar-refractivity contribution in [1.82, 2.24) is 15.5 Å². The van der Waals surface area contributed by atoms with Gasteiger partial charge in [0.15, 0.2) is 5.96 Å². The third kappa shape index (κ3) is 9.58. The number of guanidine groups is 1. The van der Waals surface area contributed by atoms with E-state index >= 15 is 0 Å². The van der Waals surface area contributed by atoms with Crippen molar-refractivity contribution in [2.75, 3.05) is 33.2 Å². The number of alkyl halides is 3. The van der Waals surface area contributed by atoms with Gasteiger partial charge in [-0.25, -0.2) is 0 Å². The molecule has 0 rings (SSSR count). The Morgan fingerprint density at radius 1 is 1.21 bits per heavy atom. The predicted octanol–water partition coefficient (Wildman–Crippen LogP) is 1.83. The molecule has 0 unspecified atom stereocenters. The van der Waals surface area contributed by atoms with Crippen LogP contribution in [0.25, 0.3) is 0 Å². The molecule has 0 aromatic heterocycles. The Labute approximate surface area is 113 Å². The second kappa shape index (κ2) is 9.01. The molecule has 0 radical (unpaired) electrons. The molecule has 0 aliphatic rings. The van der Waals surface area contributed by atoms with Crippen molar-refractivity contribution in [3.8, 4) is 0 Å². The van der Waals surface area contributed by atoms with Gasteiger partial charge in [-0.2, -0.15) is 13.2 Å². The van der Waals surface area contributed by atoms with Crippen LogP contribution in [0, 0.1) is 0 Å². The van der Waals surface area contributed by atoms with Crippen molar-refractivity contribution in [1.29, 1.82) is 0 Å². The van der Waals surface area contributed by atoms with E-state index < -0.39 is 12.6 Å². The van der Waals surface area contributed by atoms with Crippen LogP contribution in [0.1, 0.15) is 27.2 Å². The van der Waals surface area contributed by atoms with Crippen molar-refractivity contribution in [3.05, 3.63) is 0 Å². The average Bonchev–Trinajstić information content (AvgIpc) is 2.30. The molecule has 7 heteroatoms. The Bertz CT molecular complexity index is 264. The molecular weight excluding hydrogens is 257 g/mol. The third-order valence-corrected chi connectivity index (χ3v) is 2.75. The van der Waals surface area contributed by atoms with Crippen LogP contribution in [0.3, 0.4) is 0 Å². The molecule has 0 amide bonds. The lowest BCUT2D eigenvalue weighted by molar-refractivity contribution is -0.132. The lowest BCUT2D eigenvalue weighted by Gasteiger charge is -2.25. The van der Waals surface area contributed by atoms with E-state index in [4.69, 9.17) is 0 Å². The van der Waals surface area contributed by atoms with Crippen LogP contribution >= 0.6 is 0 Å². The summed E-state index contributed by atoms with van der Waals surface area (Å²) < 4.78 is 36.0. The van der Waals surface area contributed by atoms with Gasteiger partial charge >= 0.3 is 6.18 Å². The highest BCUT2D eigenvalue weighted by atomic mass is 19.4. The number of hydrogen-bond donors (Lipinski definition) is 2. The smallest absolute Gasteiger partial charge is 0.356 e. The van der Waals surface area contributed by atoms with Crippen LogP contribution in [0.4, 0.5) is 13.2 Å². The molecule has 0 aromatic carbocycles. The number of likely N-dealkylation sites (N-methyl/N-ethyl adjacent to an activating group) is 1. The maximum atomic E-state index is 12.0. The highest BCUT2D eigenvalue weighted by molar-refractivity contribution is 5.79. The molecule has 2 N–H and O–H groups in total. The zero-order chi connectivity index (χ0) is 14.9. The summed E-state index contributed by atoms with van der Waals surface area (Å²) in [5.74, 6) is 0.407. The van der Waals surface area contributed by atoms with E-state index in [2.05, 4.69) is 41.3 Å². The first-order valence-corrected chi connectivity index (χ1v) is 6.55. The van der Waals surface area contributed by atoms with Crippen molar-refractivity contribution >= 4 is 5.96 Å². The van der Waals surface area contributed by atoms with Crippen LogP contribution in [0.2, 0.25) is 0 Å². The Balaban J connectivity index is 3.89.